The molecule has 0 aliphatic carbocycles. The number of amides is 1. The Morgan fingerprint density at radius 1 is 1.27 bits per heavy atom. The Morgan fingerprint density at radius 2 is 2.04 bits per heavy atom. The lowest BCUT2D eigenvalue weighted by atomic mass is 10.1. The second-order valence-corrected chi connectivity index (χ2v) is 7.66. The van der Waals surface area contributed by atoms with Crippen molar-refractivity contribution in [1.82, 2.24) is 15.5 Å². The summed E-state index contributed by atoms with van der Waals surface area (Å²) in [6.07, 6.45) is 0. The zero-order valence-electron chi connectivity index (χ0n) is 14.4. The quantitative estimate of drug-likeness (QED) is 0.631. The molecule has 0 saturated carbocycles. The first-order valence-corrected chi connectivity index (χ1v) is 9.36. The summed E-state index contributed by atoms with van der Waals surface area (Å²) in [5.74, 6) is 0.792. The van der Waals surface area contributed by atoms with Crippen LogP contribution in [-0.4, -0.2) is 21.3 Å². The Bertz CT molecular complexity index is 896. The van der Waals surface area contributed by atoms with Crippen molar-refractivity contribution >= 4 is 29.3 Å². The number of carbonyl (C=O) groups is 1. The Morgan fingerprint density at radius 3 is 2.77 bits per heavy atom. The van der Waals surface area contributed by atoms with Gasteiger partial charge in [-0.1, -0.05) is 40.5 Å². The minimum atomic E-state index is -0.254. The minimum Gasteiger partial charge on any atom is -0.346 e. The first-order chi connectivity index (χ1) is 12.5. The van der Waals surface area contributed by atoms with E-state index >= 15 is 0 Å². The molecule has 0 unspecified atom stereocenters. The van der Waals surface area contributed by atoms with Crippen molar-refractivity contribution < 1.29 is 9.32 Å². The zero-order chi connectivity index (χ0) is 18.5. The van der Waals surface area contributed by atoms with E-state index in [1.807, 2.05) is 50.2 Å². The number of nitrogens with one attached hydrogen (secondary N) is 1. The highest BCUT2D eigenvalue weighted by atomic mass is 35.5. The van der Waals surface area contributed by atoms with E-state index in [-0.39, 0.29) is 17.7 Å². The molecular formula is C19H18ClN3O2S. The van der Waals surface area contributed by atoms with Crippen LogP contribution in [0.4, 0.5) is 0 Å². The SMILES string of the molecule is Cc1cccc(-c2noc(CNC(=O)[C@H](C)Sc3ccc(Cl)cc3)n2)c1. The Kier molecular flexibility index (Phi) is 5.96. The summed E-state index contributed by atoms with van der Waals surface area (Å²) in [4.78, 5) is 17.6. The molecule has 0 saturated heterocycles. The molecule has 26 heavy (non-hydrogen) atoms. The molecule has 7 heteroatoms. The number of benzene rings is 2. The van der Waals surface area contributed by atoms with Crippen LogP contribution in [0.25, 0.3) is 11.4 Å². The Balaban J connectivity index is 1.55. The number of aromatic nitrogens is 2. The third kappa shape index (κ3) is 4.86. The van der Waals surface area contributed by atoms with Gasteiger partial charge in [-0.05, 0) is 44.2 Å². The van der Waals surface area contributed by atoms with Crippen LogP contribution in [0.3, 0.4) is 0 Å². The van der Waals surface area contributed by atoms with Gasteiger partial charge in [-0.2, -0.15) is 4.98 Å². The summed E-state index contributed by atoms with van der Waals surface area (Å²) in [7, 11) is 0. The van der Waals surface area contributed by atoms with Crippen LogP contribution in [0.5, 0.6) is 0 Å². The monoisotopic (exact) mass is 387 g/mol. The van der Waals surface area contributed by atoms with Crippen LogP contribution >= 0.6 is 23.4 Å². The molecule has 2 aromatic carbocycles. The van der Waals surface area contributed by atoms with Gasteiger partial charge in [0.15, 0.2) is 0 Å². The molecule has 5 nitrogen and oxygen atoms in total. The molecule has 134 valence electrons. The van der Waals surface area contributed by atoms with E-state index in [2.05, 4.69) is 15.5 Å². The summed E-state index contributed by atoms with van der Waals surface area (Å²) < 4.78 is 5.22. The first kappa shape index (κ1) is 18.5. The van der Waals surface area contributed by atoms with Crippen LogP contribution < -0.4 is 5.32 Å². The van der Waals surface area contributed by atoms with Crippen molar-refractivity contribution in [1.29, 1.82) is 0 Å². The Labute approximate surface area is 161 Å². The largest absolute Gasteiger partial charge is 0.346 e. The summed E-state index contributed by atoms with van der Waals surface area (Å²) in [5.41, 5.74) is 2.01. The molecule has 0 aliphatic heterocycles. The fourth-order valence-electron chi connectivity index (χ4n) is 2.31. The molecular weight excluding hydrogens is 370 g/mol. The maximum Gasteiger partial charge on any atom is 0.246 e. The summed E-state index contributed by atoms with van der Waals surface area (Å²) in [5, 5.41) is 7.21. The van der Waals surface area contributed by atoms with Gasteiger partial charge >= 0.3 is 0 Å². The van der Waals surface area contributed by atoms with Gasteiger partial charge in [0, 0.05) is 15.5 Å². The molecule has 3 rings (SSSR count). The molecule has 0 radical (unpaired) electrons. The number of thioether (sulfide) groups is 1. The second kappa shape index (κ2) is 8.38. The van der Waals surface area contributed by atoms with Gasteiger partial charge < -0.3 is 9.84 Å². The number of carbonyl (C=O) groups excluding carboxylic acids is 1. The number of hydrogen-bond donors (Lipinski definition) is 1. The average molecular weight is 388 g/mol. The van der Waals surface area contributed by atoms with E-state index < -0.39 is 0 Å². The number of halogens is 1. The highest BCUT2D eigenvalue weighted by molar-refractivity contribution is 8.00. The van der Waals surface area contributed by atoms with Gasteiger partial charge in [0.25, 0.3) is 0 Å². The normalized spacial score (nSPS) is 12.0. The standard InChI is InChI=1S/C19H18ClN3O2S/c1-12-4-3-5-14(10-12)18-22-17(25-23-18)11-21-19(24)13(2)26-16-8-6-15(20)7-9-16/h3-10,13H,11H2,1-2H3,(H,21,24)/t13-/m0/s1. The lowest BCUT2D eigenvalue weighted by molar-refractivity contribution is -0.120. The van der Waals surface area contributed by atoms with Crippen molar-refractivity contribution in [2.24, 2.45) is 0 Å². The number of nitrogens with zero attached hydrogens (tertiary/aromatic N) is 2. The van der Waals surface area contributed by atoms with Gasteiger partial charge in [0.1, 0.15) is 0 Å². The summed E-state index contributed by atoms with van der Waals surface area (Å²) in [6, 6.07) is 15.2. The van der Waals surface area contributed by atoms with E-state index in [9.17, 15) is 4.79 Å². The van der Waals surface area contributed by atoms with Crippen LogP contribution in [0.2, 0.25) is 5.02 Å². The van der Waals surface area contributed by atoms with Gasteiger partial charge in [0.2, 0.25) is 17.6 Å². The fourth-order valence-corrected chi connectivity index (χ4v) is 3.32. The maximum atomic E-state index is 12.3. The molecule has 3 aromatic rings. The number of aryl methyl sites for hydroxylation is 1. The van der Waals surface area contributed by atoms with E-state index in [0.717, 1.165) is 16.0 Å². The molecule has 0 fully saturated rings. The molecule has 1 N–H and O–H groups in total. The topological polar surface area (TPSA) is 68.0 Å². The van der Waals surface area contributed by atoms with E-state index in [0.29, 0.717) is 16.7 Å². The van der Waals surface area contributed by atoms with E-state index in [4.69, 9.17) is 16.1 Å². The molecule has 1 heterocycles. The molecule has 1 atom stereocenters. The van der Waals surface area contributed by atoms with Gasteiger partial charge in [-0.3, -0.25) is 4.79 Å². The third-order valence-corrected chi connectivity index (χ3v) is 5.02. The molecule has 0 spiro atoms. The zero-order valence-corrected chi connectivity index (χ0v) is 16.0. The highest BCUT2D eigenvalue weighted by Crippen LogP contribution is 2.24. The highest BCUT2D eigenvalue weighted by Gasteiger charge is 2.16. The lowest BCUT2D eigenvalue weighted by Crippen LogP contribution is -2.30. The summed E-state index contributed by atoms with van der Waals surface area (Å²) in [6.45, 7) is 4.05. The van der Waals surface area contributed by atoms with Crippen molar-refractivity contribution in [2.75, 3.05) is 0 Å². The predicted molar refractivity (Wildman–Crippen MR) is 103 cm³/mol. The Hall–Kier alpha value is -2.31. The second-order valence-electron chi connectivity index (χ2n) is 5.81. The van der Waals surface area contributed by atoms with Gasteiger partial charge in [-0.15, -0.1) is 11.8 Å². The van der Waals surface area contributed by atoms with Crippen molar-refractivity contribution in [3.05, 3.63) is 65.0 Å². The first-order valence-electron chi connectivity index (χ1n) is 8.11. The van der Waals surface area contributed by atoms with Crippen LogP contribution in [0.1, 0.15) is 18.4 Å². The summed E-state index contributed by atoms with van der Waals surface area (Å²) >= 11 is 7.33. The molecule has 0 aliphatic rings. The maximum absolute atomic E-state index is 12.3. The minimum absolute atomic E-state index is 0.0970. The van der Waals surface area contributed by atoms with Crippen LogP contribution in [-0.2, 0) is 11.3 Å². The number of rotatable bonds is 6. The van der Waals surface area contributed by atoms with Gasteiger partial charge in [0.05, 0.1) is 11.8 Å². The fraction of sp³-hybridized carbons (Fsp3) is 0.211. The lowest BCUT2D eigenvalue weighted by Gasteiger charge is -2.10. The molecule has 0 bridgehead atoms. The number of hydrogen-bond acceptors (Lipinski definition) is 5. The van der Waals surface area contributed by atoms with E-state index in [1.54, 1.807) is 12.1 Å². The van der Waals surface area contributed by atoms with Gasteiger partial charge in [-0.25, -0.2) is 0 Å². The van der Waals surface area contributed by atoms with Crippen molar-refractivity contribution in [3.63, 3.8) is 0 Å². The molecule has 1 aromatic heterocycles. The van der Waals surface area contributed by atoms with E-state index in [1.165, 1.54) is 11.8 Å². The van der Waals surface area contributed by atoms with Crippen LogP contribution in [0, 0.1) is 6.92 Å². The van der Waals surface area contributed by atoms with Crippen molar-refractivity contribution in [2.45, 2.75) is 30.5 Å². The van der Waals surface area contributed by atoms with Crippen LogP contribution in [0.15, 0.2) is 57.9 Å². The third-order valence-electron chi connectivity index (χ3n) is 3.65. The molecule has 1 amide bonds. The predicted octanol–water partition coefficient (Wildman–Crippen LogP) is 4.50. The van der Waals surface area contributed by atoms with Crippen molar-refractivity contribution in [3.8, 4) is 11.4 Å². The average Bonchev–Trinajstić information content (AvgIpc) is 3.10. The smallest absolute Gasteiger partial charge is 0.246 e.